The van der Waals surface area contributed by atoms with E-state index in [1.165, 1.54) is 4.90 Å². The van der Waals surface area contributed by atoms with Crippen molar-refractivity contribution in [2.45, 2.75) is 86.0 Å². The summed E-state index contributed by atoms with van der Waals surface area (Å²) in [7, 11) is 0. The molecule has 1 N–H and O–H groups in total. The molecule has 140 valence electrons. The van der Waals surface area contributed by atoms with Crippen molar-refractivity contribution in [3.05, 3.63) is 0 Å². The molecule has 1 saturated heterocycles. The first-order valence-electron chi connectivity index (χ1n) is 9.05. The Kier molecular flexibility index (Phi) is 3.63. The lowest BCUT2D eigenvalue weighted by molar-refractivity contribution is -0.197. The number of likely N-dealkylation sites (tertiary alicyclic amines) is 1. The van der Waals surface area contributed by atoms with Crippen LogP contribution in [0.5, 0.6) is 0 Å². The Bertz CT molecular complexity index is 653. The van der Waals surface area contributed by atoms with Crippen molar-refractivity contribution in [1.82, 2.24) is 10.2 Å². The van der Waals surface area contributed by atoms with Crippen LogP contribution in [0.2, 0.25) is 0 Å². The summed E-state index contributed by atoms with van der Waals surface area (Å²) in [5, 5.41) is 21.3. The van der Waals surface area contributed by atoms with E-state index in [-0.39, 0.29) is 45.1 Å². The topological polar surface area (TPSA) is 79.9 Å². The van der Waals surface area contributed by atoms with Crippen molar-refractivity contribution >= 4 is 5.91 Å². The Balaban J connectivity index is 1.51. The number of halogens is 3. The zero-order valence-corrected chi connectivity index (χ0v) is 14.4. The third-order valence-corrected chi connectivity index (χ3v) is 6.45. The largest absolute Gasteiger partial charge is 0.310 e. The molecule has 5 nitrogen and oxygen atoms in total. The van der Waals surface area contributed by atoms with Crippen LogP contribution in [0.15, 0.2) is 0 Å². The smallest absolute Gasteiger partial charge is 0.238 e. The Morgan fingerprint density at radius 2 is 1.35 bits per heavy atom. The summed E-state index contributed by atoms with van der Waals surface area (Å²) in [6.07, 6.45) is 0.0171. The number of carbonyl (C=O) groups is 1. The van der Waals surface area contributed by atoms with Crippen LogP contribution >= 0.6 is 0 Å². The normalized spacial score (nSPS) is 49.0. The monoisotopic (exact) mass is 366 g/mol. The summed E-state index contributed by atoms with van der Waals surface area (Å²) in [6, 6.07) is 2.70. The van der Waals surface area contributed by atoms with E-state index in [2.05, 4.69) is 5.32 Å². The van der Waals surface area contributed by atoms with E-state index in [0.717, 1.165) is 0 Å². The molecule has 2 atom stereocenters. The second kappa shape index (κ2) is 5.36. The van der Waals surface area contributed by atoms with Gasteiger partial charge in [0.25, 0.3) is 0 Å². The second-order valence-electron chi connectivity index (χ2n) is 8.82. The molecule has 4 bridgehead atoms. The van der Waals surface area contributed by atoms with Crippen molar-refractivity contribution in [3.8, 4) is 12.1 Å². The molecule has 1 heterocycles. The second-order valence-corrected chi connectivity index (χ2v) is 8.82. The Morgan fingerprint density at radius 3 is 1.73 bits per heavy atom. The molecule has 5 rings (SSSR count). The summed E-state index contributed by atoms with van der Waals surface area (Å²) in [5.41, 5.74) is -6.74. The lowest BCUT2D eigenvalue weighted by Gasteiger charge is -2.63. The number of alkyl halides is 3. The highest BCUT2D eigenvalue weighted by molar-refractivity contribution is 5.80. The number of hydrogen-bond acceptors (Lipinski definition) is 4. The van der Waals surface area contributed by atoms with E-state index in [1.807, 2.05) is 12.1 Å². The molecule has 1 amide bonds. The van der Waals surface area contributed by atoms with E-state index in [4.69, 9.17) is 0 Å². The molecule has 0 aromatic carbocycles. The van der Waals surface area contributed by atoms with Gasteiger partial charge in [-0.3, -0.25) is 4.79 Å². The van der Waals surface area contributed by atoms with Crippen molar-refractivity contribution in [1.29, 1.82) is 10.5 Å². The zero-order valence-electron chi connectivity index (χ0n) is 14.4. The number of amides is 1. The summed E-state index contributed by atoms with van der Waals surface area (Å²) >= 11 is 0. The molecule has 8 heteroatoms. The van der Waals surface area contributed by atoms with Crippen LogP contribution in [-0.2, 0) is 4.79 Å². The fourth-order valence-electron chi connectivity index (χ4n) is 6.23. The average molecular weight is 366 g/mol. The number of hydrogen-bond donors (Lipinski definition) is 1. The van der Waals surface area contributed by atoms with Gasteiger partial charge >= 0.3 is 0 Å². The summed E-state index contributed by atoms with van der Waals surface area (Å²) in [4.78, 5) is 13.8. The van der Waals surface area contributed by atoms with E-state index >= 15 is 0 Å². The first-order chi connectivity index (χ1) is 12.1. The van der Waals surface area contributed by atoms with Gasteiger partial charge in [-0.15, -0.1) is 0 Å². The van der Waals surface area contributed by atoms with Crippen LogP contribution in [0.25, 0.3) is 0 Å². The van der Waals surface area contributed by atoms with Gasteiger partial charge in [-0.05, 0) is 12.8 Å². The molecule has 0 unspecified atom stereocenters. The number of nitrogens with one attached hydrogen (secondary N) is 1. The van der Waals surface area contributed by atoms with Gasteiger partial charge in [-0.2, -0.15) is 10.5 Å². The van der Waals surface area contributed by atoms with Gasteiger partial charge in [0.15, 0.2) is 0 Å². The van der Waals surface area contributed by atoms with Gasteiger partial charge < -0.3 is 10.2 Å². The molecule has 0 spiro atoms. The molecule has 0 aromatic rings. The highest BCUT2D eigenvalue weighted by atomic mass is 19.2. The number of rotatable bonds is 3. The van der Waals surface area contributed by atoms with E-state index < -0.39 is 40.5 Å². The van der Waals surface area contributed by atoms with Gasteiger partial charge in [-0.25, -0.2) is 13.2 Å². The highest BCUT2D eigenvalue weighted by Crippen LogP contribution is 2.64. The Labute approximate surface area is 150 Å². The average Bonchev–Trinajstić information content (AvgIpc) is 2.91. The predicted octanol–water partition coefficient (Wildman–Crippen LogP) is 2.23. The zero-order chi connectivity index (χ0) is 18.8. The lowest BCUT2D eigenvalue weighted by Crippen LogP contribution is -2.72. The van der Waals surface area contributed by atoms with Crippen molar-refractivity contribution < 1.29 is 18.0 Å². The highest BCUT2D eigenvalue weighted by Gasteiger charge is 2.70. The minimum absolute atomic E-state index is 0.00598. The minimum atomic E-state index is -1.88. The molecule has 5 fully saturated rings. The quantitative estimate of drug-likeness (QED) is 0.831. The van der Waals surface area contributed by atoms with Gasteiger partial charge in [-0.1, -0.05) is 0 Å². The molecule has 1 aliphatic heterocycles. The predicted molar refractivity (Wildman–Crippen MR) is 84.8 cm³/mol. The molecule has 4 saturated carbocycles. The van der Waals surface area contributed by atoms with Crippen molar-refractivity contribution in [3.63, 3.8) is 0 Å². The molecule has 26 heavy (non-hydrogen) atoms. The van der Waals surface area contributed by atoms with Crippen LogP contribution in [0, 0.1) is 22.7 Å². The Morgan fingerprint density at radius 1 is 0.923 bits per heavy atom. The fraction of sp³-hybridized carbons (Fsp3) is 0.833. The maximum atomic E-state index is 15.0. The third-order valence-electron chi connectivity index (χ3n) is 6.45. The van der Waals surface area contributed by atoms with Crippen LogP contribution in [-0.4, -0.2) is 52.0 Å². The first-order valence-corrected chi connectivity index (χ1v) is 9.05. The summed E-state index contributed by atoms with van der Waals surface area (Å²) in [6.45, 7) is -0.251. The molecule has 5 aliphatic rings. The first kappa shape index (κ1) is 17.6. The maximum Gasteiger partial charge on any atom is 0.238 e. The van der Waals surface area contributed by atoms with E-state index in [1.54, 1.807) is 0 Å². The lowest BCUT2D eigenvalue weighted by atomic mass is 9.49. The van der Waals surface area contributed by atoms with Crippen LogP contribution in [0.4, 0.5) is 13.2 Å². The maximum absolute atomic E-state index is 15.0. The van der Waals surface area contributed by atoms with Gasteiger partial charge in [0.1, 0.15) is 29.1 Å². The van der Waals surface area contributed by atoms with E-state index in [9.17, 15) is 28.5 Å². The van der Waals surface area contributed by atoms with Gasteiger partial charge in [0, 0.05) is 44.1 Å². The number of nitrogens with zero attached hydrogens (tertiary/aromatic N) is 3. The van der Waals surface area contributed by atoms with Crippen molar-refractivity contribution in [2.24, 2.45) is 0 Å². The van der Waals surface area contributed by atoms with Gasteiger partial charge in [0.2, 0.25) is 5.91 Å². The number of carbonyl (C=O) groups excluding carboxylic acids is 1. The molecular weight excluding hydrogens is 345 g/mol. The van der Waals surface area contributed by atoms with Gasteiger partial charge in [0.05, 0.1) is 18.7 Å². The van der Waals surface area contributed by atoms with Crippen molar-refractivity contribution in [2.75, 3.05) is 6.54 Å². The van der Waals surface area contributed by atoms with Crippen LogP contribution in [0.1, 0.15) is 51.4 Å². The van der Waals surface area contributed by atoms with Crippen LogP contribution < -0.4 is 5.32 Å². The number of nitriles is 2. The summed E-state index contributed by atoms with van der Waals surface area (Å²) in [5.74, 6) is -0.454. The third kappa shape index (κ3) is 2.66. The Hall–Kier alpha value is -1.80. The summed E-state index contributed by atoms with van der Waals surface area (Å²) < 4.78 is 44.9. The standard InChI is InChI=1S/C18H21F3N4O/c19-15-6-16(20)8-17(21,7-15)11-18(9-15,10-16)24-5-14(26)25-12(3-22)1-2-13(25)4-23/h12-13,24H,1-2,5-11H2/t12-,13+,15?,16?,17?,18?. The molecule has 4 aliphatic carbocycles. The molecular formula is C18H21F3N4O. The van der Waals surface area contributed by atoms with E-state index in [0.29, 0.717) is 12.8 Å². The minimum Gasteiger partial charge on any atom is -0.310 e. The SMILES string of the molecule is N#C[C@@H]1CC[C@H](C#N)N1C(=O)CNC12CC3(F)CC(F)(CC(F)(C3)C1)C2. The molecule has 0 radical (unpaired) electrons. The fourth-order valence-corrected chi connectivity index (χ4v) is 6.23. The molecule has 0 aromatic heterocycles. The van der Waals surface area contributed by atoms with Crippen LogP contribution in [0.3, 0.4) is 0 Å².